The topological polar surface area (TPSA) is 32.3 Å². The van der Waals surface area contributed by atoms with Crippen molar-refractivity contribution in [3.05, 3.63) is 65.5 Å². The fourth-order valence-electron chi connectivity index (χ4n) is 2.06. The summed E-state index contributed by atoms with van der Waals surface area (Å²) in [6.07, 6.45) is 0.794. The highest BCUT2D eigenvalue weighted by molar-refractivity contribution is 5.47. The number of hydrogen-bond acceptors (Lipinski definition) is 2. The minimum absolute atomic E-state index is 0.0325. The summed E-state index contributed by atoms with van der Waals surface area (Å²) >= 11 is 0. The molecule has 0 aliphatic rings. The van der Waals surface area contributed by atoms with E-state index in [1.54, 1.807) is 12.1 Å². The van der Waals surface area contributed by atoms with Crippen molar-refractivity contribution in [1.82, 2.24) is 0 Å². The van der Waals surface area contributed by atoms with Crippen LogP contribution in [-0.2, 0) is 6.61 Å². The predicted molar refractivity (Wildman–Crippen MR) is 75.4 cm³/mol. The molecular formula is C16H18FNO. The lowest BCUT2D eigenvalue weighted by molar-refractivity contribution is 0.282. The molecule has 0 fully saturated rings. The van der Waals surface area contributed by atoms with Crippen LogP contribution in [-0.4, -0.2) is 5.11 Å². The van der Waals surface area contributed by atoms with E-state index in [-0.39, 0.29) is 18.5 Å². The molecular weight excluding hydrogens is 241 g/mol. The fourth-order valence-corrected chi connectivity index (χ4v) is 2.06. The second-order valence-electron chi connectivity index (χ2n) is 4.48. The van der Waals surface area contributed by atoms with Gasteiger partial charge in [-0.15, -0.1) is 0 Å². The van der Waals surface area contributed by atoms with Gasteiger partial charge in [0.15, 0.2) is 0 Å². The first-order valence-electron chi connectivity index (χ1n) is 6.45. The molecule has 2 nitrogen and oxygen atoms in total. The summed E-state index contributed by atoms with van der Waals surface area (Å²) in [5.41, 5.74) is 2.47. The Morgan fingerprint density at radius 2 is 1.79 bits per heavy atom. The van der Waals surface area contributed by atoms with Crippen LogP contribution in [0.4, 0.5) is 10.1 Å². The van der Waals surface area contributed by atoms with Gasteiger partial charge in [0.05, 0.1) is 12.6 Å². The molecule has 0 amide bonds. The molecule has 1 unspecified atom stereocenters. The van der Waals surface area contributed by atoms with E-state index in [4.69, 9.17) is 5.11 Å². The normalized spacial score (nSPS) is 12.2. The van der Waals surface area contributed by atoms with Crippen molar-refractivity contribution in [1.29, 1.82) is 0 Å². The van der Waals surface area contributed by atoms with Gasteiger partial charge in [0, 0.05) is 11.3 Å². The number of anilines is 1. The van der Waals surface area contributed by atoms with Crippen molar-refractivity contribution in [2.24, 2.45) is 0 Å². The van der Waals surface area contributed by atoms with E-state index in [2.05, 4.69) is 5.32 Å². The van der Waals surface area contributed by atoms with Gasteiger partial charge in [0.1, 0.15) is 5.82 Å². The molecule has 0 aliphatic heterocycles. The molecule has 0 radical (unpaired) electrons. The number of aliphatic hydroxyl groups is 1. The first-order valence-corrected chi connectivity index (χ1v) is 6.45. The molecule has 2 aromatic carbocycles. The van der Waals surface area contributed by atoms with Gasteiger partial charge in [-0.3, -0.25) is 0 Å². The Morgan fingerprint density at radius 1 is 1.11 bits per heavy atom. The van der Waals surface area contributed by atoms with E-state index < -0.39 is 0 Å². The molecule has 0 aliphatic carbocycles. The van der Waals surface area contributed by atoms with Crippen LogP contribution < -0.4 is 5.32 Å². The molecule has 0 heterocycles. The molecule has 19 heavy (non-hydrogen) atoms. The van der Waals surface area contributed by atoms with E-state index in [1.807, 2.05) is 37.3 Å². The smallest absolute Gasteiger partial charge is 0.128 e. The van der Waals surface area contributed by atoms with Crippen LogP contribution in [0.2, 0.25) is 0 Å². The fraction of sp³-hybridized carbons (Fsp3) is 0.250. The molecule has 0 spiro atoms. The predicted octanol–water partition coefficient (Wildman–Crippen LogP) is 3.88. The van der Waals surface area contributed by atoms with E-state index in [0.717, 1.165) is 17.7 Å². The quantitative estimate of drug-likeness (QED) is 0.854. The van der Waals surface area contributed by atoms with Gasteiger partial charge in [0.25, 0.3) is 0 Å². The Hall–Kier alpha value is -1.87. The van der Waals surface area contributed by atoms with Crippen LogP contribution in [0.25, 0.3) is 0 Å². The third-order valence-electron chi connectivity index (χ3n) is 3.17. The maximum atomic E-state index is 13.8. The van der Waals surface area contributed by atoms with Gasteiger partial charge in [-0.25, -0.2) is 4.39 Å². The number of aliphatic hydroxyl groups excluding tert-OH is 1. The lowest BCUT2D eigenvalue weighted by Gasteiger charge is -2.19. The van der Waals surface area contributed by atoms with Gasteiger partial charge in [0.2, 0.25) is 0 Å². The van der Waals surface area contributed by atoms with E-state index >= 15 is 0 Å². The first-order chi connectivity index (χ1) is 9.24. The van der Waals surface area contributed by atoms with E-state index in [0.29, 0.717) is 5.56 Å². The zero-order valence-electron chi connectivity index (χ0n) is 10.9. The highest BCUT2D eigenvalue weighted by Crippen LogP contribution is 2.24. The molecule has 2 aromatic rings. The third kappa shape index (κ3) is 3.32. The average Bonchev–Trinajstić information content (AvgIpc) is 2.46. The molecule has 0 saturated carbocycles. The van der Waals surface area contributed by atoms with Crippen molar-refractivity contribution in [3.8, 4) is 0 Å². The molecule has 2 N–H and O–H groups in total. The second-order valence-corrected chi connectivity index (χ2v) is 4.48. The maximum absolute atomic E-state index is 13.8. The highest BCUT2D eigenvalue weighted by Gasteiger charge is 2.13. The maximum Gasteiger partial charge on any atom is 0.128 e. The Bertz CT molecular complexity index is 525. The van der Waals surface area contributed by atoms with Gasteiger partial charge >= 0.3 is 0 Å². The van der Waals surface area contributed by atoms with E-state index in [1.165, 1.54) is 6.07 Å². The molecule has 0 bridgehead atoms. The van der Waals surface area contributed by atoms with Gasteiger partial charge in [-0.1, -0.05) is 37.3 Å². The van der Waals surface area contributed by atoms with Gasteiger partial charge < -0.3 is 10.4 Å². The zero-order valence-corrected chi connectivity index (χ0v) is 10.9. The Morgan fingerprint density at radius 3 is 2.37 bits per heavy atom. The van der Waals surface area contributed by atoms with Crippen molar-refractivity contribution < 1.29 is 9.50 Å². The van der Waals surface area contributed by atoms with Crippen molar-refractivity contribution in [2.45, 2.75) is 26.0 Å². The summed E-state index contributed by atoms with van der Waals surface area (Å²) in [7, 11) is 0. The molecule has 100 valence electrons. The monoisotopic (exact) mass is 259 g/mol. The number of rotatable bonds is 5. The first kappa shape index (κ1) is 13.6. The van der Waals surface area contributed by atoms with Crippen LogP contribution in [0, 0.1) is 5.82 Å². The average molecular weight is 259 g/mol. The minimum Gasteiger partial charge on any atom is -0.392 e. The number of nitrogens with one attached hydrogen (secondary N) is 1. The minimum atomic E-state index is -0.186. The number of halogens is 1. The summed E-state index contributed by atoms with van der Waals surface area (Å²) in [5, 5.41) is 12.3. The van der Waals surface area contributed by atoms with Gasteiger partial charge in [-0.2, -0.15) is 0 Å². The molecule has 1 atom stereocenters. The third-order valence-corrected chi connectivity index (χ3v) is 3.17. The second kappa shape index (κ2) is 6.34. The largest absolute Gasteiger partial charge is 0.392 e. The summed E-state index contributed by atoms with van der Waals surface area (Å²) in [4.78, 5) is 0. The lowest BCUT2D eigenvalue weighted by Crippen LogP contribution is -2.11. The number of benzene rings is 2. The summed E-state index contributed by atoms with van der Waals surface area (Å²) < 4.78 is 13.8. The van der Waals surface area contributed by atoms with Crippen LogP contribution in [0.3, 0.4) is 0 Å². The lowest BCUT2D eigenvalue weighted by atomic mass is 10.0. The van der Waals surface area contributed by atoms with Crippen molar-refractivity contribution >= 4 is 5.69 Å². The molecule has 2 rings (SSSR count). The van der Waals surface area contributed by atoms with Crippen LogP contribution in [0.1, 0.15) is 30.5 Å². The van der Waals surface area contributed by atoms with Crippen LogP contribution >= 0.6 is 0 Å². The SMILES string of the molecule is CCC(Nc1ccc(CO)cc1)c1ccccc1F. The molecule has 3 heteroatoms. The Kier molecular flexibility index (Phi) is 4.53. The standard InChI is InChI=1S/C16H18FNO/c1-2-16(14-5-3-4-6-15(14)17)18-13-9-7-12(11-19)8-10-13/h3-10,16,18-19H,2,11H2,1H3. The Labute approximate surface area is 112 Å². The molecule has 0 saturated heterocycles. The summed E-state index contributed by atoms with van der Waals surface area (Å²) in [6, 6.07) is 14.3. The van der Waals surface area contributed by atoms with Crippen molar-refractivity contribution in [2.75, 3.05) is 5.32 Å². The highest BCUT2D eigenvalue weighted by atomic mass is 19.1. The summed E-state index contributed by atoms with van der Waals surface area (Å²) in [6.45, 7) is 2.05. The van der Waals surface area contributed by atoms with Crippen molar-refractivity contribution in [3.63, 3.8) is 0 Å². The van der Waals surface area contributed by atoms with Crippen LogP contribution in [0.15, 0.2) is 48.5 Å². The zero-order chi connectivity index (χ0) is 13.7. The van der Waals surface area contributed by atoms with E-state index in [9.17, 15) is 4.39 Å². The Balaban J connectivity index is 2.17. The number of hydrogen-bond donors (Lipinski definition) is 2. The van der Waals surface area contributed by atoms with Crippen LogP contribution in [0.5, 0.6) is 0 Å². The molecule has 0 aromatic heterocycles. The summed E-state index contributed by atoms with van der Waals surface area (Å²) in [5.74, 6) is -0.186. The van der Waals surface area contributed by atoms with Gasteiger partial charge in [-0.05, 0) is 30.2 Å².